The van der Waals surface area contributed by atoms with Crippen molar-refractivity contribution < 1.29 is 9.59 Å². The molecule has 0 unspecified atom stereocenters. The van der Waals surface area contributed by atoms with E-state index in [0.717, 1.165) is 16.7 Å². The monoisotopic (exact) mass is 398 g/mol. The first kappa shape index (κ1) is 15.8. The molecule has 0 fully saturated rings. The molecule has 2 aromatic rings. The van der Waals surface area contributed by atoms with Gasteiger partial charge >= 0.3 is 0 Å². The van der Waals surface area contributed by atoms with Crippen molar-refractivity contribution in [1.29, 1.82) is 0 Å². The van der Waals surface area contributed by atoms with Gasteiger partial charge in [-0.2, -0.15) is 0 Å². The molecule has 2 aromatic carbocycles. The maximum Gasteiger partial charge on any atom is 0.262 e. The first-order chi connectivity index (χ1) is 12.0. The van der Waals surface area contributed by atoms with Gasteiger partial charge in [-0.25, -0.2) is 0 Å². The van der Waals surface area contributed by atoms with Gasteiger partial charge in [-0.1, -0.05) is 22.0 Å². The summed E-state index contributed by atoms with van der Waals surface area (Å²) in [6.45, 7) is 1.43. The quantitative estimate of drug-likeness (QED) is 0.845. The van der Waals surface area contributed by atoms with Crippen molar-refractivity contribution in [1.82, 2.24) is 4.90 Å². The van der Waals surface area contributed by atoms with E-state index in [9.17, 15) is 9.59 Å². The molecular weight excluding hydrogens is 384 g/mol. The summed E-state index contributed by atoms with van der Waals surface area (Å²) in [5, 5.41) is 2.85. The fourth-order valence-electron chi connectivity index (χ4n) is 3.08. The van der Waals surface area contributed by atoms with E-state index in [1.54, 1.807) is 36.2 Å². The molecule has 2 amide bonds. The number of nitrogens with zero attached hydrogens (tertiary/aromatic N) is 3. The van der Waals surface area contributed by atoms with Crippen LogP contribution in [0, 0.1) is 0 Å². The lowest BCUT2D eigenvalue weighted by Crippen LogP contribution is -2.48. The SMILES string of the molecule is CN1C(=O)c2cc(NC(=O)c3cccc(Br)c3)ccc2N2CCN=C12. The summed E-state index contributed by atoms with van der Waals surface area (Å²) in [4.78, 5) is 33.0. The van der Waals surface area contributed by atoms with Gasteiger partial charge in [0.1, 0.15) is 0 Å². The number of aliphatic imine (C=N–C) groups is 1. The molecule has 4 rings (SSSR count). The van der Waals surface area contributed by atoms with Crippen molar-refractivity contribution in [2.24, 2.45) is 4.99 Å². The summed E-state index contributed by atoms with van der Waals surface area (Å²) in [7, 11) is 1.72. The summed E-state index contributed by atoms with van der Waals surface area (Å²) in [5.41, 5.74) is 2.53. The minimum Gasteiger partial charge on any atom is -0.322 e. The third kappa shape index (κ3) is 2.70. The summed E-state index contributed by atoms with van der Waals surface area (Å²) < 4.78 is 0.836. The molecular formula is C18H15BrN4O2. The summed E-state index contributed by atoms with van der Waals surface area (Å²) in [5.74, 6) is 0.343. The lowest BCUT2D eigenvalue weighted by Gasteiger charge is -2.33. The van der Waals surface area contributed by atoms with E-state index in [1.807, 2.05) is 23.1 Å². The first-order valence-electron chi connectivity index (χ1n) is 7.85. The van der Waals surface area contributed by atoms with Gasteiger partial charge in [-0.15, -0.1) is 0 Å². The average Bonchev–Trinajstić information content (AvgIpc) is 3.09. The number of hydrogen-bond donors (Lipinski definition) is 1. The fourth-order valence-corrected chi connectivity index (χ4v) is 3.47. The molecule has 2 aliphatic heterocycles. The number of fused-ring (bicyclic) bond motifs is 3. The van der Waals surface area contributed by atoms with E-state index in [0.29, 0.717) is 29.3 Å². The predicted molar refractivity (Wildman–Crippen MR) is 100 cm³/mol. The van der Waals surface area contributed by atoms with E-state index < -0.39 is 0 Å². The zero-order chi connectivity index (χ0) is 17.6. The van der Waals surface area contributed by atoms with Crippen LogP contribution in [0.5, 0.6) is 0 Å². The zero-order valence-electron chi connectivity index (χ0n) is 13.5. The standard InChI is InChI=1S/C18H15BrN4O2/c1-22-17(25)14-10-13(5-6-15(14)23-8-7-20-18(22)23)21-16(24)11-3-2-4-12(19)9-11/h2-6,9-10H,7-8H2,1H3,(H,21,24). The minimum absolute atomic E-state index is 0.120. The molecule has 1 N–H and O–H groups in total. The Labute approximate surface area is 153 Å². The van der Waals surface area contributed by atoms with Gasteiger partial charge in [0.15, 0.2) is 0 Å². The van der Waals surface area contributed by atoms with E-state index >= 15 is 0 Å². The predicted octanol–water partition coefficient (Wildman–Crippen LogP) is 2.96. The molecule has 0 aliphatic carbocycles. The van der Waals surface area contributed by atoms with Crippen LogP contribution in [0.1, 0.15) is 20.7 Å². The van der Waals surface area contributed by atoms with Gasteiger partial charge in [0.05, 0.1) is 17.8 Å². The summed E-state index contributed by atoms with van der Waals surface area (Å²) in [6, 6.07) is 12.5. The molecule has 0 saturated heterocycles. The minimum atomic E-state index is -0.221. The van der Waals surface area contributed by atoms with E-state index in [2.05, 4.69) is 26.2 Å². The number of carbonyl (C=O) groups is 2. The first-order valence-corrected chi connectivity index (χ1v) is 8.65. The van der Waals surface area contributed by atoms with Crippen LogP contribution >= 0.6 is 15.9 Å². The van der Waals surface area contributed by atoms with E-state index in [-0.39, 0.29) is 11.8 Å². The van der Waals surface area contributed by atoms with Crippen LogP contribution in [-0.4, -0.2) is 42.8 Å². The highest BCUT2D eigenvalue weighted by molar-refractivity contribution is 9.10. The van der Waals surface area contributed by atoms with Gasteiger partial charge in [0.2, 0.25) is 5.96 Å². The van der Waals surface area contributed by atoms with Crippen molar-refractivity contribution in [2.45, 2.75) is 0 Å². The molecule has 0 spiro atoms. The van der Waals surface area contributed by atoms with Crippen molar-refractivity contribution in [2.75, 3.05) is 30.4 Å². The second kappa shape index (κ2) is 6.00. The Balaban J connectivity index is 1.65. The lowest BCUT2D eigenvalue weighted by atomic mass is 10.1. The number of carbonyl (C=O) groups excluding carboxylic acids is 2. The van der Waals surface area contributed by atoms with Crippen LogP contribution in [0.3, 0.4) is 0 Å². The average molecular weight is 399 g/mol. The number of hydrogen-bond acceptors (Lipinski definition) is 4. The maximum atomic E-state index is 12.6. The van der Waals surface area contributed by atoms with Gasteiger partial charge in [0, 0.05) is 29.3 Å². The Morgan fingerprint density at radius 3 is 2.88 bits per heavy atom. The Morgan fingerprint density at radius 2 is 2.08 bits per heavy atom. The van der Waals surface area contributed by atoms with Crippen molar-refractivity contribution in [3.63, 3.8) is 0 Å². The Hall–Kier alpha value is -2.67. The highest BCUT2D eigenvalue weighted by atomic mass is 79.9. The second-order valence-corrected chi connectivity index (χ2v) is 6.81. The molecule has 0 bridgehead atoms. The topological polar surface area (TPSA) is 65.0 Å². The van der Waals surface area contributed by atoms with Crippen molar-refractivity contribution in [3.8, 4) is 0 Å². The highest BCUT2D eigenvalue weighted by Gasteiger charge is 2.35. The number of benzene rings is 2. The largest absolute Gasteiger partial charge is 0.322 e. The Bertz CT molecular complexity index is 925. The smallest absolute Gasteiger partial charge is 0.262 e. The number of amides is 2. The van der Waals surface area contributed by atoms with Crippen LogP contribution in [0.15, 0.2) is 51.9 Å². The lowest BCUT2D eigenvalue weighted by molar-refractivity contribution is 0.0865. The van der Waals surface area contributed by atoms with Crippen LogP contribution in [0.4, 0.5) is 11.4 Å². The molecule has 25 heavy (non-hydrogen) atoms. The van der Waals surface area contributed by atoms with E-state index in [4.69, 9.17) is 0 Å². The third-order valence-electron chi connectivity index (χ3n) is 4.29. The molecule has 7 heteroatoms. The van der Waals surface area contributed by atoms with Gasteiger partial charge < -0.3 is 10.2 Å². The summed E-state index contributed by atoms with van der Waals surface area (Å²) in [6.07, 6.45) is 0. The van der Waals surface area contributed by atoms with Crippen LogP contribution in [0.25, 0.3) is 0 Å². The Kier molecular flexibility index (Phi) is 3.80. The number of halogens is 1. The maximum absolute atomic E-state index is 12.6. The molecule has 0 aromatic heterocycles. The molecule has 126 valence electrons. The Morgan fingerprint density at radius 1 is 1.24 bits per heavy atom. The molecule has 2 aliphatic rings. The third-order valence-corrected chi connectivity index (χ3v) is 4.78. The fraction of sp³-hybridized carbons (Fsp3) is 0.167. The highest BCUT2D eigenvalue weighted by Crippen LogP contribution is 2.32. The molecule has 6 nitrogen and oxygen atoms in total. The van der Waals surface area contributed by atoms with Crippen molar-refractivity contribution in [3.05, 3.63) is 58.1 Å². The zero-order valence-corrected chi connectivity index (χ0v) is 15.1. The number of nitrogens with one attached hydrogen (secondary N) is 1. The molecule has 0 saturated carbocycles. The molecule has 0 radical (unpaired) electrons. The normalized spacial score (nSPS) is 15.6. The van der Waals surface area contributed by atoms with Crippen LogP contribution < -0.4 is 10.2 Å². The summed E-state index contributed by atoms with van der Waals surface area (Å²) >= 11 is 3.36. The number of rotatable bonds is 2. The second-order valence-electron chi connectivity index (χ2n) is 5.89. The van der Waals surface area contributed by atoms with Gasteiger partial charge in [-0.3, -0.25) is 19.5 Å². The van der Waals surface area contributed by atoms with Crippen molar-refractivity contribution >= 4 is 45.1 Å². The van der Waals surface area contributed by atoms with Gasteiger partial charge in [0.25, 0.3) is 11.8 Å². The number of guanidine groups is 1. The number of anilines is 2. The molecule has 0 atom stereocenters. The van der Waals surface area contributed by atoms with E-state index in [1.165, 1.54) is 0 Å². The van der Waals surface area contributed by atoms with Crippen LogP contribution in [-0.2, 0) is 0 Å². The van der Waals surface area contributed by atoms with Gasteiger partial charge in [-0.05, 0) is 36.4 Å². The van der Waals surface area contributed by atoms with Crippen LogP contribution in [0.2, 0.25) is 0 Å². The molecule has 2 heterocycles.